The summed E-state index contributed by atoms with van der Waals surface area (Å²) in [6.45, 7) is 10.4. The number of hydrogen-bond acceptors (Lipinski definition) is 6. The quantitative estimate of drug-likeness (QED) is 0.354. The molecule has 2 rings (SSSR count). The molecule has 1 saturated heterocycles. The summed E-state index contributed by atoms with van der Waals surface area (Å²) in [4.78, 5) is 13.2. The van der Waals surface area contributed by atoms with E-state index in [-0.39, 0.29) is 11.4 Å². The van der Waals surface area contributed by atoms with Gasteiger partial charge in [-0.1, -0.05) is 5.16 Å². The minimum atomic E-state index is 0.00183. The fourth-order valence-electron chi connectivity index (χ4n) is 2.27. The average molecular weight is 278 g/mol. The Morgan fingerprint density at radius 3 is 2.50 bits per heavy atom. The monoisotopic (exact) mass is 278 g/mol. The average Bonchev–Trinajstić information content (AvgIpc) is 2.46. The number of anilines is 1. The van der Waals surface area contributed by atoms with Gasteiger partial charge in [-0.05, 0) is 26.8 Å². The van der Waals surface area contributed by atoms with Crippen LogP contribution in [0.15, 0.2) is 17.4 Å². The standard InChI is InChI=1S/C13H22N6O/c1-13(2,3)19-8-6-18(7-9-19)12-15-5-4-10(16-12)11(14)17-20/h4-5,20H,6-9H2,1-3H3,(H2,14,17). The Balaban J connectivity index is 2.08. The van der Waals surface area contributed by atoms with Crippen molar-refractivity contribution in [1.82, 2.24) is 14.9 Å². The van der Waals surface area contributed by atoms with E-state index in [0.29, 0.717) is 11.6 Å². The number of hydrogen-bond donors (Lipinski definition) is 2. The Morgan fingerprint density at radius 2 is 1.95 bits per heavy atom. The molecule has 1 aliphatic rings. The van der Waals surface area contributed by atoms with Crippen molar-refractivity contribution < 1.29 is 5.21 Å². The van der Waals surface area contributed by atoms with Crippen molar-refractivity contribution in [3.63, 3.8) is 0 Å². The third-order valence-electron chi connectivity index (χ3n) is 3.52. The van der Waals surface area contributed by atoms with E-state index in [1.165, 1.54) is 0 Å². The van der Waals surface area contributed by atoms with Gasteiger partial charge in [0, 0.05) is 37.9 Å². The van der Waals surface area contributed by atoms with E-state index in [1.54, 1.807) is 12.3 Å². The molecule has 7 nitrogen and oxygen atoms in total. The van der Waals surface area contributed by atoms with Crippen molar-refractivity contribution in [2.75, 3.05) is 31.1 Å². The Bertz CT molecular complexity index is 488. The first kappa shape index (κ1) is 14.5. The predicted octanol–water partition coefficient (Wildman–Crippen LogP) is 0.492. The first-order valence-corrected chi connectivity index (χ1v) is 6.73. The molecule has 0 aromatic carbocycles. The lowest BCUT2D eigenvalue weighted by molar-refractivity contribution is 0.128. The van der Waals surface area contributed by atoms with Crippen LogP contribution in [0.5, 0.6) is 0 Å². The molecular formula is C13H22N6O. The largest absolute Gasteiger partial charge is 0.409 e. The molecule has 0 saturated carbocycles. The predicted molar refractivity (Wildman–Crippen MR) is 78.1 cm³/mol. The van der Waals surface area contributed by atoms with Gasteiger partial charge in [-0.3, -0.25) is 4.90 Å². The van der Waals surface area contributed by atoms with Crippen LogP contribution in [-0.4, -0.2) is 57.6 Å². The lowest BCUT2D eigenvalue weighted by atomic mass is 10.1. The molecule has 0 atom stereocenters. The molecule has 1 aromatic heterocycles. The SMILES string of the molecule is CC(C)(C)N1CCN(c2nccc(/C(N)=N/O)n2)CC1. The second-order valence-corrected chi connectivity index (χ2v) is 5.87. The fourth-order valence-corrected chi connectivity index (χ4v) is 2.27. The number of nitrogens with two attached hydrogens (primary N) is 1. The van der Waals surface area contributed by atoms with Gasteiger partial charge in [-0.25, -0.2) is 9.97 Å². The highest BCUT2D eigenvalue weighted by Crippen LogP contribution is 2.18. The third kappa shape index (κ3) is 3.16. The molecule has 20 heavy (non-hydrogen) atoms. The van der Waals surface area contributed by atoms with Crippen molar-refractivity contribution in [3.8, 4) is 0 Å². The summed E-state index contributed by atoms with van der Waals surface area (Å²) in [7, 11) is 0. The molecule has 2 heterocycles. The number of rotatable bonds is 2. The molecule has 1 aromatic rings. The van der Waals surface area contributed by atoms with Gasteiger partial charge in [0.05, 0.1) is 0 Å². The van der Waals surface area contributed by atoms with E-state index in [9.17, 15) is 0 Å². The lowest BCUT2D eigenvalue weighted by Gasteiger charge is -2.42. The Labute approximate surface area is 119 Å². The molecule has 0 aliphatic carbocycles. The van der Waals surface area contributed by atoms with Crippen LogP contribution in [0, 0.1) is 0 Å². The second kappa shape index (κ2) is 5.62. The molecule has 0 amide bonds. The summed E-state index contributed by atoms with van der Waals surface area (Å²) >= 11 is 0. The zero-order valence-corrected chi connectivity index (χ0v) is 12.2. The summed E-state index contributed by atoms with van der Waals surface area (Å²) in [5.41, 5.74) is 6.18. The molecule has 1 fully saturated rings. The molecule has 0 radical (unpaired) electrons. The summed E-state index contributed by atoms with van der Waals surface area (Å²) in [6.07, 6.45) is 1.63. The van der Waals surface area contributed by atoms with Gasteiger partial charge in [-0.15, -0.1) is 0 Å². The summed E-state index contributed by atoms with van der Waals surface area (Å²) in [5.74, 6) is 0.629. The maximum absolute atomic E-state index is 8.70. The Morgan fingerprint density at radius 1 is 1.30 bits per heavy atom. The first-order chi connectivity index (χ1) is 9.41. The number of nitrogens with zero attached hydrogens (tertiary/aromatic N) is 5. The van der Waals surface area contributed by atoms with Gasteiger partial charge >= 0.3 is 0 Å². The van der Waals surface area contributed by atoms with Gasteiger partial charge < -0.3 is 15.8 Å². The number of aromatic nitrogens is 2. The van der Waals surface area contributed by atoms with E-state index >= 15 is 0 Å². The Hall–Kier alpha value is -1.89. The minimum Gasteiger partial charge on any atom is -0.409 e. The normalized spacial score (nSPS) is 18.4. The van der Waals surface area contributed by atoms with Crippen molar-refractivity contribution in [2.24, 2.45) is 10.9 Å². The number of oxime groups is 1. The van der Waals surface area contributed by atoms with E-state index < -0.39 is 0 Å². The summed E-state index contributed by atoms with van der Waals surface area (Å²) < 4.78 is 0. The van der Waals surface area contributed by atoms with Crippen molar-refractivity contribution in [1.29, 1.82) is 0 Å². The maximum atomic E-state index is 8.70. The zero-order valence-electron chi connectivity index (χ0n) is 12.2. The molecule has 0 bridgehead atoms. The van der Waals surface area contributed by atoms with Crippen LogP contribution in [0.25, 0.3) is 0 Å². The molecule has 3 N–H and O–H groups in total. The molecule has 110 valence electrons. The van der Waals surface area contributed by atoms with Gasteiger partial charge in [0.25, 0.3) is 0 Å². The number of amidine groups is 1. The van der Waals surface area contributed by atoms with Gasteiger partial charge in [-0.2, -0.15) is 0 Å². The van der Waals surface area contributed by atoms with Gasteiger partial charge in [0.15, 0.2) is 5.84 Å². The van der Waals surface area contributed by atoms with Crippen molar-refractivity contribution in [2.45, 2.75) is 26.3 Å². The maximum Gasteiger partial charge on any atom is 0.226 e. The van der Waals surface area contributed by atoms with Crippen LogP contribution < -0.4 is 10.6 Å². The van der Waals surface area contributed by atoms with E-state index in [1.807, 2.05) is 0 Å². The van der Waals surface area contributed by atoms with E-state index in [0.717, 1.165) is 26.2 Å². The molecule has 0 spiro atoms. The molecule has 7 heteroatoms. The van der Waals surface area contributed by atoms with Crippen LogP contribution in [0.1, 0.15) is 26.5 Å². The topological polar surface area (TPSA) is 90.9 Å². The van der Waals surface area contributed by atoms with Crippen molar-refractivity contribution >= 4 is 11.8 Å². The first-order valence-electron chi connectivity index (χ1n) is 6.73. The van der Waals surface area contributed by atoms with Crippen LogP contribution in [0.2, 0.25) is 0 Å². The highest BCUT2D eigenvalue weighted by Gasteiger charge is 2.26. The third-order valence-corrected chi connectivity index (χ3v) is 3.52. The minimum absolute atomic E-state index is 0.00183. The van der Waals surface area contributed by atoms with E-state index in [2.05, 4.69) is 45.7 Å². The lowest BCUT2D eigenvalue weighted by Crippen LogP contribution is -2.53. The highest BCUT2D eigenvalue weighted by molar-refractivity contribution is 5.95. The Kier molecular flexibility index (Phi) is 4.08. The van der Waals surface area contributed by atoms with Crippen LogP contribution >= 0.6 is 0 Å². The highest BCUT2D eigenvalue weighted by atomic mass is 16.4. The van der Waals surface area contributed by atoms with Gasteiger partial charge in [0.1, 0.15) is 5.69 Å². The molecule has 0 unspecified atom stereocenters. The zero-order chi connectivity index (χ0) is 14.8. The van der Waals surface area contributed by atoms with Crippen LogP contribution in [-0.2, 0) is 0 Å². The molecule has 1 aliphatic heterocycles. The fraction of sp³-hybridized carbons (Fsp3) is 0.615. The van der Waals surface area contributed by atoms with E-state index in [4.69, 9.17) is 10.9 Å². The van der Waals surface area contributed by atoms with Crippen molar-refractivity contribution in [3.05, 3.63) is 18.0 Å². The summed E-state index contributed by atoms with van der Waals surface area (Å²) in [6, 6.07) is 1.63. The van der Waals surface area contributed by atoms with Gasteiger partial charge in [0.2, 0.25) is 5.95 Å². The van der Waals surface area contributed by atoms with Crippen LogP contribution in [0.3, 0.4) is 0 Å². The number of piperazine rings is 1. The molecular weight excluding hydrogens is 256 g/mol. The second-order valence-electron chi connectivity index (χ2n) is 5.87. The van der Waals surface area contributed by atoms with Crippen LogP contribution in [0.4, 0.5) is 5.95 Å². The summed E-state index contributed by atoms with van der Waals surface area (Å²) in [5, 5.41) is 11.7. The smallest absolute Gasteiger partial charge is 0.226 e.